The minimum Gasteiger partial charge on any atom is -0.481 e. The molecule has 0 saturated carbocycles. The van der Waals surface area contributed by atoms with Gasteiger partial charge in [0.15, 0.2) is 0 Å². The largest absolute Gasteiger partial charge is 0.481 e. The summed E-state index contributed by atoms with van der Waals surface area (Å²) in [5.74, 6) is -0.398. The molecule has 1 rings (SSSR count). The standard InChI is InChI=1S/C9H15NO3/c1-6-3-8(11)10(5-6)7(2)4-9(12)13/h6-7H,3-5H2,1-2H3,(H,12,13). The molecule has 0 radical (unpaired) electrons. The molecule has 4 nitrogen and oxygen atoms in total. The summed E-state index contributed by atoms with van der Waals surface area (Å²) in [6.45, 7) is 4.49. The summed E-state index contributed by atoms with van der Waals surface area (Å²) < 4.78 is 0. The molecule has 13 heavy (non-hydrogen) atoms. The Kier molecular flexibility index (Phi) is 2.90. The van der Waals surface area contributed by atoms with Crippen molar-refractivity contribution in [3.8, 4) is 0 Å². The summed E-state index contributed by atoms with van der Waals surface area (Å²) in [5.41, 5.74) is 0. The molecule has 0 aromatic rings. The smallest absolute Gasteiger partial charge is 0.305 e. The number of carboxylic acids is 1. The van der Waals surface area contributed by atoms with Crippen LogP contribution < -0.4 is 0 Å². The highest BCUT2D eigenvalue weighted by molar-refractivity contribution is 5.79. The van der Waals surface area contributed by atoms with Gasteiger partial charge in [-0.15, -0.1) is 0 Å². The molecule has 0 bridgehead atoms. The fourth-order valence-electron chi connectivity index (χ4n) is 1.71. The van der Waals surface area contributed by atoms with E-state index in [2.05, 4.69) is 0 Å². The van der Waals surface area contributed by atoms with Crippen LogP contribution in [0, 0.1) is 5.92 Å². The van der Waals surface area contributed by atoms with Crippen molar-refractivity contribution in [1.82, 2.24) is 4.90 Å². The van der Waals surface area contributed by atoms with Crippen LogP contribution in [0.5, 0.6) is 0 Å². The van der Waals surface area contributed by atoms with E-state index in [-0.39, 0.29) is 18.4 Å². The van der Waals surface area contributed by atoms with E-state index in [1.807, 2.05) is 6.92 Å². The molecule has 1 heterocycles. The molecule has 1 N–H and O–H groups in total. The van der Waals surface area contributed by atoms with E-state index in [0.29, 0.717) is 18.9 Å². The summed E-state index contributed by atoms with van der Waals surface area (Å²) >= 11 is 0. The average molecular weight is 185 g/mol. The quantitative estimate of drug-likeness (QED) is 0.704. The van der Waals surface area contributed by atoms with Crippen molar-refractivity contribution in [3.05, 3.63) is 0 Å². The fourth-order valence-corrected chi connectivity index (χ4v) is 1.71. The Labute approximate surface area is 77.5 Å². The molecule has 2 atom stereocenters. The third-order valence-electron chi connectivity index (χ3n) is 2.35. The number of hydrogen-bond acceptors (Lipinski definition) is 2. The molecule has 1 saturated heterocycles. The molecule has 0 aromatic carbocycles. The van der Waals surface area contributed by atoms with Crippen LogP contribution >= 0.6 is 0 Å². The monoisotopic (exact) mass is 185 g/mol. The molecule has 1 aliphatic heterocycles. The maximum absolute atomic E-state index is 11.3. The fraction of sp³-hybridized carbons (Fsp3) is 0.778. The average Bonchev–Trinajstić information content (AvgIpc) is 2.28. The highest BCUT2D eigenvalue weighted by Gasteiger charge is 2.30. The van der Waals surface area contributed by atoms with Crippen LogP contribution in [0.1, 0.15) is 26.7 Å². The molecule has 0 spiro atoms. The second kappa shape index (κ2) is 3.77. The molecule has 1 aliphatic rings. The normalized spacial score (nSPS) is 24.9. The third kappa shape index (κ3) is 2.44. The minimum atomic E-state index is -0.847. The predicted molar refractivity (Wildman–Crippen MR) is 47.2 cm³/mol. The van der Waals surface area contributed by atoms with Crippen molar-refractivity contribution >= 4 is 11.9 Å². The molecular weight excluding hydrogens is 170 g/mol. The highest BCUT2D eigenvalue weighted by atomic mass is 16.4. The zero-order valence-corrected chi connectivity index (χ0v) is 7.99. The summed E-state index contributed by atoms with van der Waals surface area (Å²) in [5, 5.41) is 8.56. The van der Waals surface area contributed by atoms with Gasteiger partial charge in [0.2, 0.25) is 5.91 Å². The van der Waals surface area contributed by atoms with E-state index in [0.717, 1.165) is 0 Å². The van der Waals surface area contributed by atoms with Gasteiger partial charge in [0.05, 0.1) is 6.42 Å². The first-order chi connectivity index (χ1) is 6.00. The molecule has 4 heteroatoms. The van der Waals surface area contributed by atoms with E-state index in [1.165, 1.54) is 0 Å². The van der Waals surface area contributed by atoms with Crippen LogP contribution in [0.15, 0.2) is 0 Å². The maximum atomic E-state index is 11.3. The maximum Gasteiger partial charge on any atom is 0.305 e. The van der Waals surface area contributed by atoms with E-state index >= 15 is 0 Å². The Morgan fingerprint density at radius 1 is 1.77 bits per heavy atom. The molecule has 1 amide bonds. The number of likely N-dealkylation sites (tertiary alicyclic amines) is 1. The Morgan fingerprint density at radius 3 is 2.77 bits per heavy atom. The number of rotatable bonds is 3. The molecule has 74 valence electrons. The Bertz CT molecular complexity index is 227. The summed E-state index contributed by atoms with van der Waals surface area (Å²) in [6.07, 6.45) is 0.600. The summed E-state index contributed by atoms with van der Waals surface area (Å²) in [6, 6.07) is -0.171. The second-order valence-corrected chi connectivity index (χ2v) is 3.80. The Morgan fingerprint density at radius 2 is 2.38 bits per heavy atom. The first kappa shape index (κ1) is 10.0. The van der Waals surface area contributed by atoms with Crippen LogP contribution in [-0.2, 0) is 9.59 Å². The number of carboxylic acid groups (broad SMARTS) is 1. The number of amides is 1. The van der Waals surface area contributed by atoms with Crippen molar-refractivity contribution in [1.29, 1.82) is 0 Å². The van der Waals surface area contributed by atoms with Gasteiger partial charge in [-0.1, -0.05) is 6.92 Å². The SMILES string of the molecule is CC1CC(=O)N(C(C)CC(=O)O)C1. The second-order valence-electron chi connectivity index (χ2n) is 3.80. The van der Waals surface area contributed by atoms with Crippen molar-refractivity contribution in [3.63, 3.8) is 0 Å². The molecule has 0 aliphatic carbocycles. The van der Waals surface area contributed by atoms with Crippen molar-refractivity contribution in [2.45, 2.75) is 32.7 Å². The van der Waals surface area contributed by atoms with Gasteiger partial charge < -0.3 is 10.0 Å². The number of carbonyl (C=O) groups is 2. The van der Waals surface area contributed by atoms with Crippen LogP contribution in [-0.4, -0.2) is 34.5 Å². The van der Waals surface area contributed by atoms with Gasteiger partial charge in [-0.05, 0) is 12.8 Å². The number of carbonyl (C=O) groups excluding carboxylic acids is 1. The zero-order valence-electron chi connectivity index (χ0n) is 7.99. The van der Waals surface area contributed by atoms with Gasteiger partial charge in [-0.25, -0.2) is 0 Å². The Hall–Kier alpha value is -1.06. The van der Waals surface area contributed by atoms with Crippen molar-refractivity contribution in [2.75, 3.05) is 6.54 Å². The van der Waals surface area contributed by atoms with Crippen molar-refractivity contribution < 1.29 is 14.7 Å². The van der Waals surface area contributed by atoms with Gasteiger partial charge in [0.1, 0.15) is 0 Å². The Balaban J connectivity index is 2.51. The minimum absolute atomic E-state index is 0.0401. The molecular formula is C9H15NO3. The van der Waals surface area contributed by atoms with E-state index in [1.54, 1.807) is 11.8 Å². The van der Waals surface area contributed by atoms with Gasteiger partial charge >= 0.3 is 5.97 Å². The highest BCUT2D eigenvalue weighted by Crippen LogP contribution is 2.20. The zero-order chi connectivity index (χ0) is 10.0. The lowest BCUT2D eigenvalue weighted by Crippen LogP contribution is -2.35. The summed E-state index contributed by atoms with van der Waals surface area (Å²) in [7, 11) is 0. The van der Waals surface area contributed by atoms with Crippen LogP contribution in [0.2, 0.25) is 0 Å². The lowest BCUT2D eigenvalue weighted by Gasteiger charge is -2.22. The van der Waals surface area contributed by atoms with Crippen LogP contribution in [0.3, 0.4) is 0 Å². The van der Waals surface area contributed by atoms with Crippen molar-refractivity contribution in [2.24, 2.45) is 5.92 Å². The number of hydrogen-bond donors (Lipinski definition) is 1. The van der Waals surface area contributed by atoms with Gasteiger partial charge in [0.25, 0.3) is 0 Å². The lowest BCUT2D eigenvalue weighted by atomic mass is 10.1. The molecule has 1 fully saturated rings. The lowest BCUT2D eigenvalue weighted by molar-refractivity contribution is -0.139. The van der Waals surface area contributed by atoms with Gasteiger partial charge in [-0.3, -0.25) is 9.59 Å². The van der Waals surface area contributed by atoms with E-state index in [4.69, 9.17) is 5.11 Å². The van der Waals surface area contributed by atoms with Crippen LogP contribution in [0.4, 0.5) is 0 Å². The van der Waals surface area contributed by atoms with Gasteiger partial charge in [-0.2, -0.15) is 0 Å². The molecule has 2 unspecified atom stereocenters. The first-order valence-corrected chi connectivity index (χ1v) is 4.52. The topological polar surface area (TPSA) is 57.6 Å². The summed E-state index contributed by atoms with van der Waals surface area (Å²) in [4.78, 5) is 23.4. The number of nitrogens with zero attached hydrogens (tertiary/aromatic N) is 1. The van der Waals surface area contributed by atoms with Crippen LogP contribution in [0.25, 0.3) is 0 Å². The van der Waals surface area contributed by atoms with Gasteiger partial charge in [0, 0.05) is 19.0 Å². The third-order valence-corrected chi connectivity index (χ3v) is 2.35. The predicted octanol–water partition coefficient (Wildman–Crippen LogP) is 0.718. The van der Waals surface area contributed by atoms with E-state index < -0.39 is 5.97 Å². The molecule has 0 aromatic heterocycles. The van der Waals surface area contributed by atoms with E-state index in [9.17, 15) is 9.59 Å². The number of aliphatic carboxylic acids is 1. The first-order valence-electron chi connectivity index (χ1n) is 4.52.